The maximum Gasteiger partial charge on any atom is 0.273 e. The lowest BCUT2D eigenvalue weighted by Crippen LogP contribution is -2.28. The van der Waals surface area contributed by atoms with E-state index in [9.17, 15) is 18.5 Å². The third kappa shape index (κ3) is 2.98. The lowest BCUT2D eigenvalue weighted by Gasteiger charge is -2.15. The van der Waals surface area contributed by atoms with Crippen molar-refractivity contribution in [3.63, 3.8) is 0 Å². The molecule has 8 heteroatoms. The van der Waals surface area contributed by atoms with Gasteiger partial charge in [-0.05, 0) is 13.0 Å². The van der Waals surface area contributed by atoms with E-state index in [0.29, 0.717) is 5.56 Å². The van der Waals surface area contributed by atoms with Crippen LogP contribution in [0.25, 0.3) is 0 Å². The fourth-order valence-electron chi connectivity index (χ4n) is 1.37. The number of halogens is 1. The quantitative estimate of drug-likeness (QED) is 0.470. The van der Waals surface area contributed by atoms with Crippen LogP contribution in [0.3, 0.4) is 0 Å². The molecule has 1 rings (SSSR count). The highest BCUT2D eigenvalue weighted by molar-refractivity contribution is 7.89. The van der Waals surface area contributed by atoms with Crippen molar-refractivity contribution in [2.24, 2.45) is 0 Å². The number of aryl methyl sites for hydroxylation is 1. The van der Waals surface area contributed by atoms with Gasteiger partial charge in [0.25, 0.3) is 5.69 Å². The van der Waals surface area contributed by atoms with Crippen molar-refractivity contribution < 1.29 is 13.3 Å². The van der Waals surface area contributed by atoms with Crippen LogP contribution >= 0.6 is 11.6 Å². The Balaban J connectivity index is 3.26. The van der Waals surface area contributed by atoms with Gasteiger partial charge in [-0.1, -0.05) is 6.07 Å². The van der Waals surface area contributed by atoms with Crippen molar-refractivity contribution in [3.8, 4) is 0 Å². The Morgan fingerprint density at radius 3 is 2.56 bits per heavy atom. The van der Waals surface area contributed by atoms with Crippen LogP contribution in [0.5, 0.6) is 0 Å². The summed E-state index contributed by atoms with van der Waals surface area (Å²) in [6.45, 7) is 1.70. The van der Waals surface area contributed by atoms with Crippen LogP contribution in [0, 0.1) is 17.0 Å². The molecule has 0 N–H and O–H groups in total. The minimum Gasteiger partial charge on any atom is -0.258 e. The molecule has 0 aromatic heterocycles. The summed E-state index contributed by atoms with van der Waals surface area (Å²) in [7, 11) is -2.35. The molecule has 0 atom stereocenters. The van der Waals surface area contributed by atoms with Gasteiger partial charge in [0.2, 0.25) is 10.0 Å². The Morgan fingerprint density at radius 1 is 1.44 bits per heavy atom. The molecule has 1 aromatic carbocycles. The smallest absolute Gasteiger partial charge is 0.258 e. The summed E-state index contributed by atoms with van der Waals surface area (Å²) in [6, 6.07) is 3.83. The molecule has 1 aromatic rings. The van der Waals surface area contributed by atoms with Gasteiger partial charge in [0.15, 0.2) is 0 Å². The van der Waals surface area contributed by atoms with E-state index in [4.69, 9.17) is 11.6 Å². The summed E-state index contributed by atoms with van der Waals surface area (Å²) in [5.74, 6) is 0.156. The predicted molar refractivity (Wildman–Crippen MR) is 68.4 cm³/mol. The fraction of sp³-hybridized carbons (Fsp3) is 0.400. The topological polar surface area (TPSA) is 80.5 Å². The Morgan fingerprint density at radius 2 is 2.06 bits per heavy atom. The molecule has 0 aliphatic rings. The lowest BCUT2D eigenvalue weighted by molar-refractivity contribution is -0.385. The van der Waals surface area contributed by atoms with Crippen LogP contribution in [0.1, 0.15) is 5.56 Å². The molecule has 0 unspecified atom stereocenters. The minimum absolute atomic E-state index is 0.104. The van der Waals surface area contributed by atoms with Crippen LogP contribution in [0.2, 0.25) is 0 Å². The number of rotatable bonds is 5. The van der Waals surface area contributed by atoms with E-state index in [0.717, 1.165) is 10.4 Å². The molecule has 0 bridgehead atoms. The number of nitro benzene ring substituents is 1. The van der Waals surface area contributed by atoms with Crippen molar-refractivity contribution in [2.75, 3.05) is 19.5 Å². The monoisotopic (exact) mass is 292 g/mol. The average molecular weight is 293 g/mol. The third-order valence-corrected chi connectivity index (χ3v) is 4.51. The molecule has 0 amide bonds. The summed E-state index contributed by atoms with van der Waals surface area (Å²) in [5, 5.41) is 10.8. The zero-order valence-corrected chi connectivity index (χ0v) is 11.5. The highest BCUT2D eigenvalue weighted by atomic mass is 35.5. The van der Waals surface area contributed by atoms with Gasteiger partial charge in [-0.3, -0.25) is 10.1 Å². The predicted octanol–water partition coefficient (Wildman–Crippen LogP) is 1.76. The van der Waals surface area contributed by atoms with E-state index in [2.05, 4.69) is 0 Å². The van der Waals surface area contributed by atoms with E-state index in [1.54, 1.807) is 6.92 Å². The minimum atomic E-state index is -3.73. The standard InChI is InChI=1S/C10H13ClN2O4S/c1-8-3-4-9(7-10(8)13(14)15)18(16,17)12(2)6-5-11/h3-4,7H,5-6H2,1-2H3. The molecule has 0 spiro atoms. The van der Waals surface area contributed by atoms with Gasteiger partial charge >= 0.3 is 0 Å². The molecule has 0 heterocycles. The molecule has 0 fully saturated rings. The van der Waals surface area contributed by atoms with Gasteiger partial charge in [-0.25, -0.2) is 8.42 Å². The summed E-state index contributed by atoms with van der Waals surface area (Å²) < 4.78 is 25.2. The second kappa shape index (κ2) is 5.64. The number of nitro groups is 1. The lowest BCUT2D eigenvalue weighted by atomic mass is 10.2. The first-order valence-electron chi connectivity index (χ1n) is 5.08. The highest BCUT2D eigenvalue weighted by Gasteiger charge is 2.23. The normalized spacial score (nSPS) is 11.8. The van der Waals surface area contributed by atoms with Crippen LogP contribution in [0.4, 0.5) is 5.69 Å². The van der Waals surface area contributed by atoms with Gasteiger partial charge in [-0.15, -0.1) is 11.6 Å². The van der Waals surface area contributed by atoms with Crippen molar-refractivity contribution in [2.45, 2.75) is 11.8 Å². The maximum absolute atomic E-state index is 12.1. The first kappa shape index (κ1) is 14.9. The van der Waals surface area contributed by atoms with Crippen molar-refractivity contribution in [1.29, 1.82) is 0 Å². The first-order valence-corrected chi connectivity index (χ1v) is 7.05. The number of hydrogen-bond acceptors (Lipinski definition) is 4. The van der Waals surface area contributed by atoms with Crippen molar-refractivity contribution in [1.82, 2.24) is 4.31 Å². The Kier molecular flexibility index (Phi) is 4.66. The Hall–Kier alpha value is -1.18. The second-order valence-corrected chi connectivity index (χ2v) is 6.14. The Bertz CT molecular complexity index is 559. The average Bonchev–Trinajstić information content (AvgIpc) is 2.29. The zero-order valence-electron chi connectivity index (χ0n) is 9.96. The summed E-state index contributed by atoms with van der Waals surface area (Å²) >= 11 is 5.48. The number of hydrogen-bond donors (Lipinski definition) is 0. The second-order valence-electron chi connectivity index (χ2n) is 3.72. The van der Waals surface area contributed by atoms with E-state index in [1.807, 2.05) is 0 Å². The van der Waals surface area contributed by atoms with Crippen LogP contribution < -0.4 is 0 Å². The molecular formula is C10H13ClN2O4S. The highest BCUT2D eigenvalue weighted by Crippen LogP contribution is 2.23. The third-order valence-electron chi connectivity index (χ3n) is 2.48. The van der Waals surface area contributed by atoms with E-state index in [-0.39, 0.29) is 23.0 Å². The molecule has 6 nitrogen and oxygen atoms in total. The van der Waals surface area contributed by atoms with E-state index >= 15 is 0 Å². The molecule has 0 aliphatic carbocycles. The van der Waals surface area contributed by atoms with Crippen molar-refractivity contribution >= 4 is 27.3 Å². The summed E-state index contributed by atoms with van der Waals surface area (Å²) in [5.41, 5.74) is 0.203. The zero-order chi connectivity index (χ0) is 13.9. The number of benzene rings is 1. The molecule has 18 heavy (non-hydrogen) atoms. The molecule has 0 radical (unpaired) electrons. The van der Waals surface area contributed by atoms with Crippen LogP contribution in [-0.2, 0) is 10.0 Å². The first-order chi connectivity index (χ1) is 8.30. The molecule has 100 valence electrons. The fourth-order valence-corrected chi connectivity index (χ4v) is 2.91. The molecular weight excluding hydrogens is 280 g/mol. The largest absolute Gasteiger partial charge is 0.273 e. The molecule has 0 saturated carbocycles. The van der Waals surface area contributed by atoms with Gasteiger partial charge < -0.3 is 0 Å². The number of nitrogens with zero attached hydrogens (tertiary/aromatic N) is 2. The maximum atomic E-state index is 12.1. The van der Waals surface area contributed by atoms with Gasteiger partial charge in [0.05, 0.1) is 9.82 Å². The van der Waals surface area contributed by atoms with Gasteiger partial charge in [0, 0.05) is 31.1 Å². The van der Waals surface area contributed by atoms with E-state index in [1.165, 1.54) is 19.2 Å². The summed E-state index contributed by atoms with van der Waals surface area (Å²) in [6.07, 6.45) is 0. The van der Waals surface area contributed by atoms with E-state index < -0.39 is 14.9 Å². The molecule has 0 aliphatic heterocycles. The Labute approximate surface area is 110 Å². The number of sulfonamides is 1. The van der Waals surface area contributed by atoms with Crippen LogP contribution in [-0.4, -0.2) is 37.1 Å². The van der Waals surface area contributed by atoms with Crippen molar-refractivity contribution in [3.05, 3.63) is 33.9 Å². The summed E-state index contributed by atoms with van der Waals surface area (Å²) in [4.78, 5) is 10.1. The number of alkyl halides is 1. The SMILES string of the molecule is Cc1ccc(S(=O)(=O)N(C)CCCl)cc1[N+](=O)[O-]. The molecule has 0 saturated heterocycles. The van der Waals surface area contributed by atoms with Crippen LogP contribution in [0.15, 0.2) is 23.1 Å². The van der Waals surface area contributed by atoms with Gasteiger partial charge in [0.1, 0.15) is 0 Å². The van der Waals surface area contributed by atoms with Gasteiger partial charge in [-0.2, -0.15) is 4.31 Å².